The van der Waals surface area contributed by atoms with E-state index in [0.717, 1.165) is 23.3 Å². The molecule has 1 N–H and O–H groups in total. The second kappa shape index (κ2) is 4.34. The molecular weight excluding hydrogens is 212 g/mol. The van der Waals surface area contributed by atoms with Crippen LogP contribution in [0.5, 0.6) is 5.75 Å². The molecule has 0 amide bonds. The summed E-state index contributed by atoms with van der Waals surface area (Å²) >= 11 is 0. The van der Waals surface area contributed by atoms with Crippen molar-refractivity contribution in [1.29, 1.82) is 0 Å². The lowest BCUT2D eigenvalue weighted by Crippen LogP contribution is -2.24. The third-order valence-electron chi connectivity index (χ3n) is 3.59. The molecule has 0 bridgehead atoms. The molecule has 1 atom stereocenters. The Balaban J connectivity index is 2.41. The van der Waals surface area contributed by atoms with E-state index >= 15 is 0 Å². The number of rotatable bonds is 4. The van der Waals surface area contributed by atoms with Crippen LogP contribution in [0.4, 0.5) is 0 Å². The van der Waals surface area contributed by atoms with Crippen molar-refractivity contribution in [2.24, 2.45) is 5.92 Å². The third-order valence-corrected chi connectivity index (χ3v) is 3.59. The van der Waals surface area contributed by atoms with Crippen molar-refractivity contribution in [2.75, 3.05) is 7.11 Å². The summed E-state index contributed by atoms with van der Waals surface area (Å²) in [5, 5.41) is 10.7. The van der Waals surface area contributed by atoms with Crippen molar-refractivity contribution in [2.45, 2.75) is 45.6 Å². The molecule has 0 radical (unpaired) electrons. The van der Waals surface area contributed by atoms with Gasteiger partial charge in [0.25, 0.3) is 0 Å². The number of benzene rings is 1. The Kier molecular flexibility index (Phi) is 3.17. The van der Waals surface area contributed by atoms with E-state index in [0.29, 0.717) is 5.92 Å². The zero-order valence-corrected chi connectivity index (χ0v) is 11.2. The normalized spacial score (nSPS) is 18.9. The molecule has 0 saturated heterocycles. The van der Waals surface area contributed by atoms with Gasteiger partial charge in [0.15, 0.2) is 0 Å². The van der Waals surface area contributed by atoms with Crippen LogP contribution >= 0.6 is 0 Å². The molecule has 17 heavy (non-hydrogen) atoms. The first-order valence-electron chi connectivity index (χ1n) is 6.32. The first-order valence-corrected chi connectivity index (χ1v) is 6.32. The van der Waals surface area contributed by atoms with Crippen LogP contribution < -0.4 is 4.74 Å². The first-order chi connectivity index (χ1) is 7.94. The summed E-state index contributed by atoms with van der Waals surface area (Å²) < 4.78 is 5.44. The Morgan fingerprint density at radius 3 is 2.53 bits per heavy atom. The second-order valence-electron chi connectivity index (χ2n) is 5.58. The number of aryl methyl sites for hydroxylation is 2. The molecule has 2 heteroatoms. The molecule has 1 fully saturated rings. The van der Waals surface area contributed by atoms with E-state index < -0.39 is 5.60 Å². The molecule has 1 unspecified atom stereocenters. The Labute approximate surface area is 104 Å². The van der Waals surface area contributed by atoms with Crippen LogP contribution in [-0.2, 0) is 5.60 Å². The Hall–Kier alpha value is -1.02. The largest absolute Gasteiger partial charge is 0.496 e. The minimum Gasteiger partial charge on any atom is -0.496 e. The highest BCUT2D eigenvalue weighted by Crippen LogP contribution is 2.44. The fraction of sp³-hybridized carbons (Fsp3) is 0.600. The molecule has 0 aromatic heterocycles. The predicted octanol–water partition coefficient (Wildman–Crippen LogP) is 3.32. The van der Waals surface area contributed by atoms with Crippen LogP contribution in [0.3, 0.4) is 0 Å². The lowest BCUT2D eigenvalue weighted by atomic mass is 9.86. The molecule has 0 heterocycles. The van der Waals surface area contributed by atoms with Crippen LogP contribution in [-0.4, -0.2) is 12.2 Å². The Morgan fingerprint density at radius 1 is 1.35 bits per heavy atom. The average molecular weight is 234 g/mol. The van der Waals surface area contributed by atoms with E-state index in [-0.39, 0.29) is 0 Å². The van der Waals surface area contributed by atoms with Crippen LogP contribution in [0.1, 0.15) is 42.9 Å². The average Bonchev–Trinajstić information content (AvgIpc) is 2.98. The van der Waals surface area contributed by atoms with Crippen LogP contribution in [0.25, 0.3) is 0 Å². The molecular formula is C15H22O2. The lowest BCUT2D eigenvalue weighted by Gasteiger charge is -2.28. The summed E-state index contributed by atoms with van der Waals surface area (Å²) in [7, 11) is 1.67. The van der Waals surface area contributed by atoms with Crippen molar-refractivity contribution in [3.8, 4) is 5.75 Å². The summed E-state index contributed by atoms with van der Waals surface area (Å²) in [5.41, 5.74) is 2.47. The van der Waals surface area contributed by atoms with Crippen LogP contribution in [0.2, 0.25) is 0 Å². The minimum absolute atomic E-state index is 0.690. The fourth-order valence-electron chi connectivity index (χ4n) is 2.77. The van der Waals surface area contributed by atoms with Crippen molar-refractivity contribution in [3.05, 3.63) is 28.8 Å². The monoisotopic (exact) mass is 234 g/mol. The van der Waals surface area contributed by atoms with Gasteiger partial charge < -0.3 is 9.84 Å². The topological polar surface area (TPSA) is 29.5 Å². The highest BCUT2D eigenvalue weighted by molar-refractivity contribution is 5.46. The number of methoxy groups -OCH3 is 1. The molecule has 0 aliphatic heterocycles. The van der Waals surface area contributed by atoms with Crippen molar-refractivity contribution in [3.63, 3.8) is 0 Å². The summed E-state index contributed by atoms with van der Waals surface area (Å²) in [6.45, 7) is 6.01. The van der Waals surface area contributed by atoms with Gasteiger partial charge in [-0.2, -0.15) is 0 Å². The standard InChI is InChI=1S/C15H22O2/c1-10-7-11(2)14(13(8-10)17-4)15(3,16)9-12-5-6-12/h7-8,12,16H,5-6,9H2,1-4H3. The third kappa shape index (κ3) is 2.63. The second-order valence-corrected chi connectivity index (χ2v) is 5.58. The van der Waals surface area contributed by atoms with E-state index in [1.807, 2.05) is 19.9 Å². The maximum Gasteiger partial charge on any atom is 0.125 e. The van der Waals surface area contributed by atoms with E-state index in [1.54, 1.807) is 7.11 Å². The number of hydrogen-bond acceptors (Lipinski definition) is 2. The molecule has 1 saturated carbocycles. The van der Waals surface area contributed by atoms with Gasteiger partial charge in [-0.25, -0.2) is 0 Å². The molecule has 94 valence electrons. The molecule has 1 aromatic carbocycles. The van der Waals surface area contributed by atoms with Crippen molar-refractivity contribution in [1.82, 2.24) is 0 Å². The van der Waals surface area contributed by atoms with Gasteiger partial charge in [0.1, 0.15) is 5.75 Å². The molecule has 2 nitrogen and oxygen atoms in total. The summed E-state index contributed by atoms with van der Waals surface area (Å²) in [4.78, 5) is 0. The van der Waals surface area contributed by atoms with Crippen molar-refractivity contribution < 1.29 is 9.84 Å². The highest BCUT2D eigenvalue weighted by atomic mass is 16.5. The van der Waals surface area contributed by atoms with Crippen LogP contribution in [0.15, 0.2) is 12.1 Å². The minimum atomic E-state index is -0.774. The zero-order valence-electron chi connectivity index (χ0n) is 11.2. The highest BCUT2D eigenvalue weighted by Gasteiger charge is 2.35. The van der Waals surface area contributed by atoms with Gasteiger partial charge in [-0.3, -0.25) is 0 Å². The zero-order chi connectivity index (χ0) is 12.6. The summed E-state index contributed by atoms with van der Waals surface area (Å²) in [6, 6.07) is 4.11. The van der Waals surface area contributed by atoms with Gasteiger partial charge >= 0.3 is 0 Å². The SMILES string of the molecule is COc1cc(C)cc(C)c1C(C)(O)CC1CC1. The maximum absolute atomic E-state index is 10.7. The smallest absolute Gasteiger partial charge is 0.125 e. The lowest BCUT2D eigenvalue weighted by molar-refractivity contribution is 0.0387. The van der Waals surface area contributed by atoms with Gasteiger partial charge in [-0.15, -0.1) is 0 Å². The van der Waals surface area contributed by atoms with Gasteiger partial charge in [0.2, 0.25) is 0 Å². The maximum atomic E-state index is 10.7. The number of ether oxygens (including phenoxy) is 1. The molecule has 1 aromatic rings. The van der Waals surface area contributed by atoms with Gasteiger partial charge in [-0.1, -0.05) is 18.9 Å². The Bertz CT molecular complexity index is 417. The van der Waals surface area contributed by atoms with Crippen molar-refractivity contribution >= 4 is 0 Å². The number of aliphatic hydroxyl groups is 1. The molecule has 1 aliphatic carbocycles. The fourth-order valence-corrected chi connectivity index (χ4v) is 2.77. The first kappa shape index (κ1) is 12.4. The van der Waals surface area contributed by atoms with E-state index in [2.05, 4.69) is 13.0 Å². The summed E-state index contributed by atoms with van der Waals surface area (Å²) in [6.07, 6.45) is 3.35. The molecule has 1 aliphatic rings. The van der Waals surface area contributed by atoms with Crippen LogP contribution in [0, 0.1) is 19.8 Å². The van der Waals surface area contributed by atoms with Gasteiger partial charge in [-0.05, 0) is 50.3 Å². The van der Waals surface area contributed by atoms with Gasteiger partial charge in [0.05, 0.1) is 12.7 Å². The molecule has 0 spiro atoms. The van der Waals surface area contributed by atoms with E-state index in [4.69, 9.17) is 4.74 Å². The molecule has 2 rings (SSSR count). The van der Waals surface area contributed by atoms with E-state index in [1.165, 1.54) is 18.4 Å². The number of hydrogen-bond donors (Lipinski definition) is 1. The van der Waals surface area contributed by atoms with E-state index in [9.17, 15) is 5.11 Å². The summed E-state index contributed by atoms with van der Waals surface area (Å²) in [5.74, 6) is 1.50. The Morgan fingerprint density at radius 2 is 2.00 bits per heavy atom. The quantitative estimate of drug-likeness (QED) is 0.866. The van der Waals surface area contributed by atoms with Gasteiger partial charge in [0, 0.05) is 5.56 Å². The predicted molar refractivity (Wildman–Crippen MR) is 69.4 cm³/mol.